The van der Waals surface area contributed by atoms with Gasteiger partial charge in [0.1, 0.15) is 0 Å². The molecule has 0 saturated heterocycles. The average Bonchev–Trinajstić information content (AvgIpc) is 2.47. The molecular weight excluding hydrogens is 342 g/mol. The van der Waals surface area contributed by atoms with Gasteiger partial charge in [-0.15, -0.1) is 0 Å². The number of carboxylic acids is 3. The van der Waals surface area contributed by atoms with E-state index >= 15 is 0 Å². The van der Waals surface area contributed by atoms with Crippen molar-refractivity contribution in [1.29, 1.82) is 0 Å². The van der Waals surface area contributed by atoms with Gasteiger partial charge >= 0.3 is 17.9 Å². The van der Waals surface area contributed by atoms with Gasteiger partial charge in [0.25, 0.3) is 0 Å². The molecule has 154 valence electrons. The van der Waals surface area contributed by atoms with Crippen molar-refractivity contribution in [1.82, 2.24) is 4.90 Å². The molecule has 0 unspecified atom stereocenters. The Hall–Kier alpha value is -2.45. The summed E-state index contributed by atoms with van der Waals surface area (Å²) in [6.07, 6.45) is 0.875. The Morgan fingerprint density at radius 2 is 0.808 bits per heavy atom. The lowest BCUT2D eigenvalue weighted by Crippen LogP contribution is -1.99. The van der Waals surface area contributed by atoms with Gasteiger partial charge in [-0.25, -0.2) is 14.4 Å². The summed E-state index contributed by atoms with van der Waals surface area (Å²) in [6, 6.07) is 0. The van der Waals surface area contributed by atoms with Crippen molar-refractivity contribution < 1.29 is 34.8 Å². The molecule has 0 spiro atoms. The zero-order valence-corrected chi connectivity index (χ0v) is 17.0. The maximum absolute atomic E-state index is 9.60. The number of aliphatic carboxylic acids is 3. The van der Waals surface area contributed by atoms with Crippen molar-refractivity contribution in [3.05, 3.63) is 36.5 Å². The summed E-state index contributed by atoms with van der Waals surface area (Å²) in [5.41, 5.74) is 0.528. The van der Waals surface area contributed by atoms with Crippen molar-refractivity contribution >= 4 is 17.9 Å². The number of hydrogen-bond acceptors (Lipinski definition) is 5. The van der Waals surface area contributed by atoms with Gasteiger partial charge in [-0.3, -0.25) is 0 Å². The number of rotatable bonds is 4. The topological polar surface area (TPSA) is 135 Å². The summed E-state index contributed by atoms with van der Waals surface area (Å²) in [4.78, 5) is 30.8. The van der Waals surface area contributed by atoms with Crippen LogP contribution in [0.5, 0.6) is 0 Å². The first-order valence-corrected chi connectivity index (χ1v) is 7.46. The molecule has 0 fully saturated rings. The fourth-order valence-corrected chi connectivity index (χ4v) is 0. The van der Waals surface area contributed by atoms with E-state index in [0.717, 1.165) is 6.42 Å². The van der Waals surface area contributed by atoms with Gasteiger partial charge in [0, 0.05) is 23.3 Å². The molecule has 0 bridgehead atoms. The minimum atomic E-state index is -0.935. The third kappa shape index (κ3) is 81.8. The van der Waals surface area contributed by atoms with Gasteiger partial charge in [0.2, 0.25) is 0 Å². The van der Waals surface area contributed by atoms with E-state index in [4.69, 9.17) is 20.4 Å². The number of nitrogens with zero attached hydrogens (tertiary/aromatic N) is 1. The highest BCUT2D eigenvalue weighted by atomic mass is 16.4. The lowest BCUT2D eigenvalue weighted by Gasteiger charge is -1.90. The van der Waals surface area contributed by atoms with Gasteiger partial charge in [-0.05, 0) is 48.3 Å². The molecule has 0 amide bonds. The van der Waals surface area contributed by atoms with Crippen molar-refractivity contribution in [3.63, 3.8) is 0 Å². The van der Waals surface area contributed by atoms with Gasteiger partial charge < -0.3 is 25.3 Å². The lowest BCUT2D eigenvalue weighted by molar-refractivity contribution is -0.133. The number of aliphatic hydroxyl groups is 1. The Bertz CT molecular complexity index is 343. The second-order valence-electron chi connectivity index (χ2n) is 5.32. The molecule has 0 rings (SSSR count). The van der Waals surface area contributed by atoms with Crippen LogP contribution in [-0.2, 0) is 14.4 Å². The van der Waals surface area contributed by atoms with Crippen molar-refractivity contribution in [2.24, 2.45) is 0 Å². The molecule has 0 aromatic carbocycles. The first-order valence-electron chi connectivity index (χ1n) is 7.46. The smallest absolute Gasteiger partial charge is 0.330 e. The van der Waals surface area contributed by atoms with Crippen LogP contribution in [0.1, 0.15) is 34.1 Å². The lowest BCUT2D eigenvalue weighted by atomic mass is 10.4. The van der Waals surface area contributed by atoms with Crippen LogP contribution in [0.3, 0.4) is 0 Å². The highest BCUT2D eigenvalue weighted by Crippen LogP contribution is 1.82. The Labute approximate surface area is 156 Å². The Morgan fingerprint density at radius 1 is 0.731 bits per heavy atom. The van der Waals surface area contributed by atoms with Gasteiger partial charge in [0.15, 0.2) is 0 Å². The SMILES string of the molecule is C=C(C)C(=O)O.C=C(C)C(=O)O.C=C(C)C(=O)O.CCCO.CN(C)C. The van der Waals surface area contributed by atoms with E-state index in [0.29, 0.717) is 6.61 Å². The molecule has 26 heavy (non-hydrogen) atoms. The largest absolute Gasteiger partial charge is 0.478 e. The molecule has 0 radical (unpaired) electrons. The van der Waals surface area contributed by atoms with Crippen LogP contribution < -0.4 is 0 Å². The molecule has 0 aliphatic carbocycles. The van der Waals surface area contributed by atoms with E-state index in [1.54, 1.807) is 0 Å². The molecular formula is C18H35NO7. The standard InChI is InChI=1S/3C4H6O2.C3H9N.C3H8O/c3*1-3(2)4(5)6;1-4(2)3;1-2-3-4/h3*1H2,2H3,(H,5,6);1-3H3;4H,2-3H2,1H3. The second kappa shape index (κ2) is 24.8. The quantitative estimate of drug-likeness (QED) is 0.549. The second-order valence-corrected chi connectivity index (χ2v) is 5.32. The summed E-state index contributed by atoms with van der Waals surface area (Å²) in [7, 11) is 6.00. The van der Waals surface area contributed by atoms with Gasteiger partial charge in [0.05, 0.1) is 0 Å². The van der Waals surface area contributed by atoms with Crippen LogP contribution in [0.15, 0.2) is 36.5 Å². The third-order valence-corrected chi connectivity index (χ3v) is 1.32. The molecule has 0 aromatic rings. The number of aliphatic hydroxyl groups excluding tert-OH is 1. The monoisotopic (exact) mass is 377 g/mol. The summed E-state index contributed by atoms with van der Waals surface area (Å²) in [5, 5.41) is 31.5. The first-order chi connectivity index (χ1) is 11.6. The van der Waals surface area contributed by atoms with E-state index in [-0.39, 0.29) is 16.7 Å². The summed E-state index contributed by atoms with van der Waals surface area (Å²) >= 11 is 0. The van der Waals surface area contributed by atoms with Crippen molar-refractivity contribution in [2.75, 3.05) is 27.7 Å². The predicted octanol–water partition coefficient (Wildman–Crippen LogP) is 2.51. The van der Waals surface area contributed by atoms with Crippen LogP contribution in [0.25, 0.3) is 0 Å². The van der Waals surface area contributed by atoms with E-state index in [1.807, 2.05) is 33.0 Å². The number of carboxylic acid groups (broad SMARTS) is 3. The summed E-state index contributed by atoms with van der Waals surface area (Å²) in [6.45, 7) is 16.1. The average molecular weight is 377 g/mol. The van der Waals surface area contributed by atoms with Crippen LogP contribution in [-0.4, -0.2) is 71.0 Å². The molecule has 0 aliphatic rings. The summed E-state index contributed by atoms with van der Waals surface area (Å²) < 4.78 is 0. The van der Waals surface area contributed by atoms with Crippen LogP contribution in [0.4, 0.5) is 0 Å². The van der Waals surface area contributed by atoms with Crippen molar-refractivity contribution in [2.45, 2.75) is 34.1 Å². The Balaban J connectivity index is -0.0000000716. The molecule has 4 N–H and O–H groups in total. The molecule has 0 aliphatic heterocycles. The zero-order valence-electron chi connectivity index (χ0n) is 17.0. The minimum absolute atomic E-state index is 0.176. The normalized spacial score (nSPS) is 7.73. The van der Waals surface area contributed by atoms with Crippen LogP contribution in [0.2, 0.25) is 0 Å². The van der Waals surface area contributed by atoms with E-state index in [1.165, 1.54) is 20.8 Å². The Morgan fingerprint density at radius 3 is 0.808 bits per heavy atom. The van der Waals surface area contributed by atoms with E-state index < -0.39 is 17.9 Å². The first kappa shape index (κ1) is 34.8. The molecule has 0 saturated carbocycles. The Kier molecular flexibility index (Phi) is 33.2. The highest BCUT2D eigenvalue weighted by molar-refractivity contribution is 5.85. The third-order valence-electron chi connectivity index (χ3n) is 1.32. The minimum Gasteiger partial charge on any atom is -0.478 e. The van der Waals surface area contributed by atoms with Gasteiger partial charge in [-0.1, -0.05) is 26.7 Å². The molecule has 0 atom stereocenters. The molecule has 8 nitrogen and oxygen atoms in total. The summed E-state index contributed by atoms with van der Waals surface area (Å²) in [5.74, 6) is -2.81. The van der Waals surface area contributed by atoms with E-state index in [9.17, 15) is 14.4 Å². The maximum atomic E-state index is 9.60. The van der Waals surface area contributed by atoms with Crippen LogP contribution in [0, 0.1) is 0 Å². The molecule has 0 heterocycles. The molecule has 0 aromatic heterocycles. The zero-order chi connectivity index (χ0) is 22.5. The number of hydrogen-bond donors (Lipinski definition) is 4. The fraction of sp³-hybridized carbons (Fsp3) is 0.500. The molecule has 8 heteroatoms. The fourth-order valence-electron chi connectivity index (χ4n) is 0. The van der Waals surface area contributed by atoms with Gasteiger partial charge in [-0.2, -0.15) is 0 Å². The van der Waals surface area contributed by atoms with E-state index in [2.05, 4.69) is 19.7 Å². The van der Waals surface area contributed by atoms with Crippen LogP contribution >= 0.6 is 0 Å². The predicted molar refractivity (Wildman–Crippen MR) is 104 cm³/mol. The number of carbonyl (C=O) groups is 3. The van der Waals surface area contributed by atoms with Crippen molar-refractivity contribution in [3.8, 4) is 0 Å². The highest BCUT2D eigenvalue weighted by Gasteiger charge is 1.91. The maximum Gasteiger partial charge on any atom is 0.330 e.